The summed E-state index contributed by atoms with van der Waals surface area (Å²) in [7, 11) is 0. The monoisotopic (exact) mass is 273 g/mol. The summed E-state index contributed by atoms with van der Waals surface area (Å²) in [6.45, 7) is 16.3. The van der Waals surface area contributed by atoms with E-state index in [1.54, 1.807) is 0 Å². The lowest BCUT2D eigenvalue weighted by Gasteiger charge is -2.22. The highest BCUT2D eigenvalue weighted by Crippen LogP contribution is 2.25. The van der Waals surface area contributed by atoms with E-state index in [1.807, 2.05) is 12.2 Å². The Morgan fingerprint density at radius 3 is 2.05 bits per heavy atom. The lowest BCUT2D eigenvalue weighted by Crippen LogP contribution is -2.26. The van der Waals surface area contributed by atoms with Crippen LogP contribution in [0.2, 0.25) is 0 Å². The fourth-order valence-corrected chi connectivity index (χ4v) is 2.79. The van der Waals surface area contributed by atoms with Gasteiger partial charge < -0.3 is 5.11 Å². The van der Waals surface area contributed by atoms with Crippen LogP contribution in [0.3, 0.4) is 0 Å². The molecule has 1 aromatic carbocycles. The third-order valence-corrected chi connectivity index (χ3v) is 3.56. The molecule has 1 rings (SSSR count). The maximum Gasteiger partial charge on any atom is 0.0807 e. The van der Waals surface area contributed by atoms with Crippen molar-refractivity contribution in [3.05, 3.63) is 59.7 Å². The van der Waals surface area contributed by atoms with Crippen molar-refractivity contribution in [2.45, 2.75) is 33.3 Å². The highest BCUT2D eigenvalue weighted by molar-refractivity contribution is 5.38. The molecule has 0 heterocycles. The summed E-state index contributed by atoms with van der Waals surface area (Å²) in [5, 5.41) is 10.5. The zero-order valence-corrected chi connectivity index (χ0v) is 13.0. The molecule has 1 atom stereocenters. The zero-order chi connectivity index (χ0) is 15.1. The zero-order valence-electron chi connectivity index (χ0n) is 13.0. The first kappa shape index (κ1) is 16.7. The molecule has 0 fully saturated rings. The summed E-state index contributed by atoms with van der Waals surface area (Å²) >= 11 is 0. The molecule has 0 aromatic heterocycles. The van der Waals surface area contributed by atoms with Gasteiger partial charge in [0.15, 0.2) is 0 Å². The molecule has 0 aliphatic carbocycles. The van der Waals surface area contributed by atoms with Crippen LogP contribution in [-0.4, -0.2) is 29.6 Å². The van der Waals surface area contributed by atoms with Crippen LogP contribution >= 0.6 is 0 Å². The van der Waals surface area contributed by atoms with Gasteiger partial charge in [0.2, 0.25) is 0 Å². The molecule has 0 bridgehead atoms. The van der Waals surface area contributed by atoms with Crippen LogP contribution in [0.1, 0.15) is 34.8 Å². The van der Waals surface area contributed by atoms with Crippen molar-refractivity contribution < 1.29 is 5.11 Å². The summed E-state index contributed by atoms with van der Waals surface area (Å²) in [4.78, 5) is 2.22. The molecule has 0 saturated heterocycles. The van der Waals surface area contributed by atoms with Gasteiger partial charge in [-0.3, -0.25) is 4.90 Å². The summed E-state index contributed by atoms with van der Waals surface area (Å²) in [6.07, 6.45) is 4.09. The van der Waals surface area contributed by atoms with Gasteiger partial charge in [0.1, 0.15) is 0 Å². The van der Waals surface area contributed by atoms with E-state index in [9.17, 15) is 5.11 Å². The summed E-state index contributed by atoms with van der Waals surface area (Å²) < 4.78 is 0. The first-order chi connectivity index (χ1) is 9.49. The Labute approximate surface area is 123 Å². The predicted molar refractivity (Wildman–Crippen MR) is 87.1 cm³/mol. The molecule has 0 saturated carbocycles. The fraction of sp³-hybridized carbons (Fsp3) is 0.444. The standard InChI is InChI=1S/C18H27NO/c1-6-9-19(10-7-2)11-8-17(20)18-15(4)12-14(3)13-16(18)5/h6-7,12-13,17,20H,1-2,8-11H2,3-5H3. The van der Waals surface area contributed by atoms with E-state index < -0.39 is 6.10 Å². The molecule has 0 spiro atoms. The Balaban J connectivity index is 2.73. The maximum atomic E-state index is 10.5. The second kappa shape index (κ2) is 8.03. The third-order valence-electron chi connectivity index (χ3n) is 3.56. The molecule has 110 valence electrons. The highest BCUT2D eigenvalue weighted by Gasteiger charge is 2.14. The smallest absolute Gasteiger partial charge is 0.0807 e. The lowest BCUT2D eigenvalue weighted by molar-refractivity contribution is 0.147. The van der Waals surface area contributed by atoms with Gasteiger partial charge in [-0.05, 0) is 43.9 Å². The first-order valence-corrected chi connectivity index (χ1v) is 7.19. The third kappa shape index (κ3) is 4.62. The molecule has 2 nitrogen and oxygen atoms in total. The fourth-order valence-electron chi connectivity index (χ4n) is 2.79. The van der Waals surface area contributed by atoms with E-state index in [4.69, 9.17) is 0 Å². The van der Waals surface area contributed by atoms with Crippen LogP contribution in [0.15, 0.2) is 37.4 Å². The number of nitrogens with zero attached hydrogens (tertiary/aromatic N) is 1. The van der Waals surface area contributed by atoms with Crippen LogP contribution in [0.25, 0.3) is 0 Å². The number of aliphatic hydroxyl groups is 1. The van der Waals surface area contributed by atoms with Gasteiger partial charge in [-0.15, -0.1) is 13.2 Å². The van der Waals surface area contributed by atoms with Crippen LogP contribution in [0.4, 0.5) is 0 Å². The molecule has 0 aliphatic heterocycles. The Hall–Kier alpha value is -1.38. The van der Waals surface area contributed by atoms with Crippen molar-refractivity contribution in [1.29, 1.82) is 0 Å². The van der Waals surface area contributed by atoms with Crippen LogP contribution in [0, 0.1) is 20.8 Å². The Morgan fingerprint density at radius 2 is 1.60 bits per heavy atom. The molecular formula is C18H27NO. The topological polar surface area (TPSA) is 23.5 Å². The van der Waals surface area contributed by atoms with Gasteiger partial charge in [-0.2, -0.15) is 0 Å². The van der Waals surface area contributed by atoms with Crippen molar-refractivity contribution >= 4 is 0 Å². The number of hydrogen-bond donors (Lipinski definition) is 1. The molecular weight excluding hydrogens is 246 g/mol. The molecule has 2 heteroatoms. The van der Waals surface area contributed by atoms with E-state index in [1.165, 1.54) is 16.7 Å². The molecule has 0 radical (unpaired) electrons. The van der Waals surface area contributed by atoms with Gasteiger partial charge in [0.05, 0.1) is 6.10 Å². The van der Waals surface area contributed by atoms with Crippen molar-refractivity contribution in [3.8, 4) is 0 Å². The summed E-state index contributed by atoms with van der Waals surface area (Å²) in [6, 6.07) is 4.27. The van der Waals surface area contributed by atoms with Crippen molar-refractivity contribution in [2.75, 3.05) is 19.6 Å². The van der Waals surface area contributed by atoms with Crippen LogP contribution in [-0.2, 0) is 0 Å². The van der Waals surface area contributed by atoms with Crippen molar-refractivity contribution in [3.63, 3.8) is 0 Å². The lowest BCUT2D eigenvalue weighted by atomic mass is 9.94. The van der Waals surface area contributed by atoms with Crippen LogP contribution < -0.4 is 0 Å². The minimum absolute atomic E-state index is 0.410. The number of hydrogen-bond acceptors (Lipinski definition) is 2. The van der Waals surface area contributed by atoms with Gasteiger partial charge in [0.25, 0.3) is 0 Å². The first-order valence-electron chi connectivity index (χ1n) is 7.19. The second-order valence-electron chi connectivity index (χ2n) is 5.45. The Morgan fingerprint density at radius 1 is 1.10 bits per heavy atom. The SMILES string of the molecule is C=CCN(CC=C)CCC(O)c1c(C)cc(C)cc1C. The number of benzene rings is 1. The van der Waals surface area contributed by atoms with Gasteiger partial charge in [0, 0.05) is 19.6 Å². The number of aliphatic hydroxyl groups excluding tert-OH is 1. The van der Waals surface area contributed by atoms with Gasteiger partial charge in [-0.25, -0.2) is 0 Å². The number of aryl methyl sites for hydroxylation is 3. The summed E-state index contributed by atoms with van der Waals surface area (Å²) in [5.41, 5.74) is 4.67. The quantitative estimate of drug-likeness (QED) is 0.730. The van der Waals surface area contributed by atoms with E-state index in [0.29, 0.717) is 0 Å². The molecule has 20 heavy (non-hydrogen) atoms. The predicted octanol–water partition coefficient (Wildman–Crippen LogP) is 3.71. The molecule has 0 amide bonds. The second-order valence-corrected chi connectivity index (χ2v) is 5.45. The molecule has 1 aromatic rings. The molecule has 1 N–H and O–H groups in total. The normalized spacial score (nSPS) is 12.4. The van der Waals surface area contributed by atoms with Crippen molar-refractivity contribution in [1.82, 2.24) is 4.90 Å². The minimum atomic E-state index is -0.410. The Bertz CT molecular complexity index is 431. The van der Waals surface area contributed by atoms with Gasteiger partial charge >= 0.3 is 0 Å². The van der Waals surface area contributed by atoms with Crippen LogP contribution in [0.5, 0.6) is 0 Å². The molecule has 1 unspecified atom stereocenters. The summed E-state index contributed by atoms with van der Waals surface area (Å²) in [5.74, 6) is 0. The average Bonchev–Trinajstić information content (AvgIpc) is 2.35. The maximum absolute atomic E-state index is 10.5. The minimum Gasteiger partial charge on any atom is -0.388 e. The van der Waals surface area contributed by atoms with E-state index in [2.05, 4.69) is 51.0 Å². The van der Waals surface area contributed by atoms with E-state index in [-0.39, 0.29) is 0 Å². The van der Waals surface area contributed by atoms with E-state index in [0.717, 1.165) is 31.6 Å². The average molecular weight is 273 g/mol. The molecule has 0 aliphatic rings. The Kier molecular flexibility index (Phi) is 6.69. The largest absolute Gasteiger partial charge is 0.388 e. The highest BCUT2D eigenvalue weighted by atomic mass is 16.3. The van der Waals surface area contributed by atoms with Gasteiger partial charge in [-0.1, -0.05) is 29.8 Å². The van der Waals surface area contributed by atoms with E-state index >= 15 is 0 Å². The number of rotatable bonds is 8. The van der Waals surface area contributed by atoms with Crippen molar-refractivity contribution in [2.24, 2.45) is 0 Å².